The van der Waals surface area contributed by atoms with Crippen molar-refractivity contribution < 1.29 is 9.22 Å². The predicted molar refractivity (Wildman–Crippen MR) is 100 cm³/mol. The van der Waals surface area contributed by atoms with Gasteiger partial charge in [-0.1, -0.05) is 41.0 Å². The van der Waals surface area contributed by atoms with E-state index < -0.39 is 8.32 Å². The zero-order valence-electron chi connectivity index (χ0n) is 16.1. The molecule has 2 fully saturated rings. The molecule has 0 radical (unpaired) electrons. The molecule has 2 aliphatic carbocycles. The summed E-state index contributed by atoms with van der Waals surface area (Å²) in [6, 6.07) is 3.76. The Bertz CT molecular complexity index is 385. The van der Waals surface area contributed by atoms with E-state index in [1.807, 2.05) is 0 Å². The molecule has 2 nitrogen and oxygen atoms in total. The van der Waals surface area contributed by atoms with Crippen molar-refractivity contribution in [2.75, 3.05) is 0 Å². The standard InChI is InChI=1S/C20H38O2Si/c1-6-23(7-2,8-3)22-19-10-9-14-20(5)17(11-12-18(19)20)16(4)13-15-21/h15-19H,6-14H2,1-5H3/t16-,17-,18+,19+,20-/m1/s1. The number of hydrogen-bond acceptors (Lipinski definition) is 2. The molecule has 2 saturated carbocycles. The summed E-state index contributed by atoms with van der Waals surface area (Å²) in [5.74, 6) is 1.98. The van der Waals surface area contributed by atoms with Crippen LogP contribution in [0.25, 0.3) is 0 Å². The fraction of sp³-hybridized carbons (Fsp3) is 0.950. The van der Waals surface area contributed by atoms with Crippen LogP contribution in [0, 0.1) is 23.2 Å². The molecule has 0 amide bonds. The lowest BCUT2D eigenvalue weighted by Crippen LogP contribution is -2.48. The molecule has 23 heavy (non-hydrogen) atoms. The highest BCUT2D eigenvalue weighted by molar-refractivity contribution is 6.73. The molecule has 0 heterocycles. The fourth-order valence-electron chi connectivity index (χ4n) is 5.87. The highest BCUT2D eigenvalue weighted by Crippen LogP contribution is 2.59. The topological polar surface area (TPSA) is 26.3 Å². The van der Waals surface area contributed by atoms with Crippen LogP contribution in [0.2, 0.25) is 18.1 Å². The Hall–Kier alpha value is -0.153. The summed E-state index contributed by atoms with van der Waals surface area (Å²) in [7, 11) is -1.52. The van der Waals surface area contributed by atoms with Crippen molar-refractivity contribution in [3.8, 4) is 0 Å². The predicted octanol–water partition coefficient (Wildman–Crippen LogP) is 5.82. The molecule has 3 heteroatoms. The van der Waals surface area contributed by atoms with Gasteiger partial charge in [-0.05, 0) is 67.0 Å². The third-order valence-corrected chi connectivity index (χ3v) is 12.3. The smallest absolute Gasteiger partial charge is 0.192 e. The quantitative estimate of drug-likeness (QED) is 0.412. The molecule has 0 unspecified atom stereocenters. The summed E-state index contributed by atoms with van der Waals surface area (Å²) in [6.45, 7) is 11.8. The highest BCUT2D eigenvalue weighted by Gasteiger charge is 2.53. The van der Waals surface area contributed by atoms with Crippen LogP contribution in [0.15, 0.2) is 0 Å². The van der Waals surface area contributed by atoms with Crippen LogP contribution in [-0.4, -0.2) is 20.7 Å². The maximum absolute atomic E-state index is 11.0. The summed E-state index contributed by atoms with van der Waals surface area (Å²) in [6.07, 6.45) is 8.88. The Labute approximate surface area is 144 Å². The molecular formula is C20H38O2Si. The normalized spacial score (nSPS) is 35.8. The minimum atomic E-state index is -1.52. The first-order chi connectivity index (χ1) is 11.0. The van der Waals surface area contributed by atoms with E-state index in [0.29, 0.717) is 23.4 Å². The lowest BCUT2D eigenvalue weighted by atomic mass is 9.61. The summed E-state index contributed by atoms with van der Waals surface area (Å²) < 4.78 is 6.96. The van der Waals surface area contributed by atoms with Crippen molar-refractivity contribution >= 4 is 14.6 Å². The molecule has 0 aromatic rings. The zero-order valence-corrected chi connectivity index (χ0v) is 17.1. The van der Waals surface area contributed by atoms with Crippen LogP contribution in [0.5, 0.6) is 0 Å². The second-order valence-electron chi connectivity index (χ2n) is 8.47. The third kappa shape index (κ3) is 3.61. The third-order valence-electron chi connectivity index (χ3n) is 7.62. The molecule has 0 aromatic carbocycles. The zero-order chi connectivity index (χ0) is 17.1. The minimum Gasteiger partial charge on any atom is -0.414 e. The Morgan fingerprint density at radius 1 is 1.17 bits per heavy atom. The van der Waals surface area contributed by atoms with E-state index in [0.717, 1.165) is 18.6 Å². The molecule has 2 aliphatic rings. The summed E-state index contributed by atoms with van der Waals surface area (Å²) >= 11 is 0. The van der Waals surface area contributed by atoms with Gasteiger partial charge >= 0.3 is 0 Å². The molecule has 134 valence electrons. The van der Waals surface area contributed by atoms with E-state index in [4.69, 9.17) is 4.43 Å². The largest absolute Gasteiger partial charge is 0.414 e. The van der Waals surface area contributed by atoms with E-state index in [2.05, 4.69) is 34.6 Å². The summed E-state index contributed by atoms with van der Waals surface area (Å²) in [4.78, 5) is 11.0. The number of carbonyl (C=O) groups excluding carboxylic acids is 1. The van der Waals surface area contributed by atoms with E-state index >= 15 is 0 Å². The van der Waals surface area contributed by atoms with E-state index in [1.54, 1.807) is 0 Å². The first-order valence-electron chi connectivity index (χ1n) is 10.1. The van der Waals surface area contributed by atoms with E-state index in [9.17, 15) is 4.79 Å². The Morgan fingerprint density at radius 2 is 1.83 bits per heavy atom. The van der Waals surface area contributed by atoms with Gasteiger partial charge in [-0.25, -0.2) is 0 Å². The molecule has 0 N–H and O–H groups in total. The van der Waals surface area contributed by atoms with Crippen LogP contribution in [0.4, 0.5) is 0 Å². The van der Waals surface area contributed by atoms with E-state index in [1.165, 1.54) is 50.2 Å². The van der Waals surface area contributed by atoms with Crippen molar-refractivity contribution in [3.05, 3.63) is 0 Å². The first-order valence-corrected chi connectivity index (χ1v) is 12.6. The molecule has 0 saturated heterocycles. The Balaban J connectivity index is 2.15. The van der Waals surface area contributed by atoms with Gasteiger partial charge in [-0.2, -0.15) is 0 Å². The second kappa shape index (κ2) is 7.82. The SMILES string of the molecule is CC[Si](CC)(CC)O[C@H]1CCC[C@]2(C)[C@@H]([C@H](C)CC=O)CC[C@@H]12. The summed E-state index contributed by atoms with van der Waals surface area (Å²) in [5.41, 5.74) is 0.403. The monoisotopic (exact) mass is 338 g/mol. The number of hydrogen-bond donors (Lipinski definition) is 0. The number of rotatable bonds is 8. The first kappa shape index (κ1) is 19.2. The van der Waals surface area contributed by atoms with Gasteiger partial charge < -0.3 is 9.22 Å². The van der Waals surface area contributed by atoms with Crippen LogP contribution in [-0.2, 0) is 9.22 Å². The lowest BCUT2D eigenvalue weighted by Gasteiger charge is -2.48. The van der Waals surface area contributed by atoms with Crippen LogP contribution < -0.4 is 0 Å². The van der Waals surface area contributed by atoms with Crippen LogP contribution >= 0.6 is 0 Å². The lowest BCUT2D eigenvalue weighted by molar-refractivity contribution is -0.109. The van der Waals surface area contributed by atoms with Gasteiger partial charge in [0.25, 0.3) is 0 Å². The number of carbonyl (C=O) groups is 1. The minimum absolute atomic E-state index is 0.403. The van der Waals surface area contributed by atoms with Gasteiger partial charge in [-0.3, -0.25) is 0 Å². The van der Waals surface area contributed by atoms with Gasteiger partial charge in [0.2, 0.25) is 0 Å². The molecule has 0 bridgehead atoms. The molecule has 0 aromatic heterocycles. The highest BCUT2D eigenvalue weighted by atomic mass is 28.4. The Morgan fingerprint density at radius 3 is 2.39 bits per heavy atom. The van der Waals surface area contributed by atoms with Gasteiger partial charge in [-0.15, -0.1) is 0 Å². The average Bonchev–Trinajstić information content (AvgIpc) is 2.91. The number of aldehydes is 1. The van der Waals surface area contributed by atoms with Crippen molar-refractivity contribution in [1.82, 2.24) is 0 Å². The maximum Gasteiger partial charge on any atom is 0.192 e. The number of fused-ring (bicyclic) bond motifs is 1. The molecule has 0 spiro atoms. The van der Waals surface area contributed by atoms with Crippen molar-refractivity contribution in [2.45, 2.75) is 97.4 Å². The van der Waals surface area contributed by atoms with Crippen molar-refractivity contribution in [2.24, 2.45) is 23.2 Å². The van der Waals surface area contributed by atoms with Crippen LogP contribution in [0.1, 0.15) is 73.1 Å². The molecule has 2 rings (SSSR count). The molecular weight excluding hydrogens is 300 g/mol. The van der Waals surface area contributed by atoms with Crippen LogP contribution in [0.3, 0.4) is 0 Å². The summed E-state index contributed by atoms with van der Waals surface area (Å²) in [5, 5.41) is 0. The van der Waals surface area contributed by atoms with Crippen molar-refractivity contribution in [1.29, 1.82) is 0 Å². The molecule has 5 atom stereocenters. The van der Waals surface area contributed by atoms with Gasteiger partial charge in [0.1, 0.15) is 6.29 Å². The van der Waals surface area contributed by atoms with Gasteiger partial charge in [0.15, 0.2) is 8.32 Å². The fourth-order valence-corrected chi connectivity index (χ4v) is 8.80. The average molecular weight is 339 g/mol. The van der Waals surface area contributed by atoms with E-state index in [-0.39, 0.29) is 0 Å². The van der Waals surface area contributed by atoms with Gasteiger partial charge in [0.05, 0.1) is 0 Å². The van der Waals surface area contributed by atoms with Crippen molar-refractivity contribution in [3.63, 3.8) is 0 Å². The molecule has 0 aliphatic heterocycles. The maximum atomic E-state index is 11.0. The Kier molecular flexibility index (Phi) is 6.52. The van der Waals surface area contributed by atoms with Gasteiger partial charge in [0, 0.05) is 12.5 Å². The second-order valence-corrected chi connectivity index (χ2v) is 13.2.